The number of hydrogen-bond acceptors (Lipinski definition) is 2. The Morgan fingerprint density at radius 1 is 1.62 bits per heavy atom. The third-order valence-corrected chi connectivity index (χ3v) is 2.41. The molecule has 3 heteroatoms. The van der Waals surface area contributed by atoms with Crippen molar-refractivity contribution in [2.75, 3.05) is 0 Å². The molecule has 13 heavy (non-hydrogen) atoms. The average molecular weight is 348 g/mol. The number of carbonyl (C=O) groups is 1. The van der Waals surface area contributed by atoms with E-state index in [0.29, 0.717) is 17.6 Å². The molecule has 0 aromatic carbocycles. The van der Waals surface area contributed by atoms with Crippen LogP contribution in [0, 0.1) is 0 Å². The minimum atomic E-state index is 0.00685. The summed E-state index contributed by atoms with van der Waals surface area (Å²) in [5.41, 5.74) is 0.979. The first-order valence-electron chi connectivity index (χ1n) is 3.82. The second-order valence-corrected chi connectivity index (χ2v) is 3.80. The van der Waals surface area contributed by atoms with Crippen molar-refractivity contribution in [2.24, 2.45) is 0 Å². The van der Waals surface area contributed by atoms with Gasteiger partial charge < -0.3 is 0 Å². The van der Waals surface area contributed by atoms with Gasteiger partial charge in [-0.1, -0.05) is 0 Å². The summed E-state index contributed by atoms with van der Waals surface area (Å²) in [7, 11) is 0. The monoisotopic (exact) mass is 348 g/mol. The first-order chi connectivity index (χ1) is 6.02. The Balaban J connectivity index is 4.77. The van der Waals surface area contributed by atoms with Gasteiger partial charge in [0.2, 0.25) is 0 Å². The van der Waals surface area contributed by atoms with Gasteiger partial charge in [0, 0.05) is 0 Å². The molecule has 0 saturated heterocycles. The van der Waals surface area contributed by atoms with E-state index in [9.17, 15) is 4.79 Å². The molecule has 0 aromatic heterocycles. The second kappa shape index (κ2) is 5.95. The van der Waals surface area contributed by atoms with Crippen LogP contribution in [0.5, 0.6) is 0 Å². The van der Waals surface area contributed by atoms with Crippen LogP contribution in [0.4, 0.5) is 0 Å². The minimum absolute atomic E-state index is 0.00685. The fraction of sp³-hybridized carbons (Fsp3) is 0.200. The number of aliphatic hydroxyl groups is 1. The van der Waals surface area contributed by atoms with Crippen LogP contribution in [0.1, 0.15) is 13.3 Å². The Morgan fingerprint density at radius 2 is 2.15 bits per heavy atom. The van der Waals surface area contributed by atoms with Gasteiger partial charge in [-0.2, -0.15) is 0 Å². The molecular formula is C10H12O2W. The van der Waals surface area contributed by atoms with Crippen molar-refractivity contribution in [3.05, 3.63) is 36.5 Å². The molecule has 0 saturated carbocycles. The molecule has 70 valence electrons. The van der Waals surface area contributed by atoms with Crippen LogP contribution in [0.15, 0.2) is 36.5 Å². The molecule has 0 aromatic rings. The predicted molar refractivity (Wildman–Crippen MR) is 49.7 cm³/mol. The molecule has 2 nitrogen and oxygen atoms in total. The molecule has 0 amide bonds. The molecule has 0 bridgehead atoms. The van der Waals surface area contributed by atoms with Crippen molar-refractivity contribution < 1.29 is 29.3 Å². The van der Waals surface area contributed by atoms with Crippen molar-refractivity contribution in [2.45, 2.75) is 13.3 Å². The van der Waals surface area contributed by atoms with Crippen LogP contribution >= 0.6 is 0 Å². The summed E-state index contributed by atoms with van der Waals surface area (Å²) in [5.74, 6) is 0.00685. The van der Waals surface area contributed by atoms with E-state index in [4.69, 9.17) is 5.11 Å². The van der Waals surface area contributed by atoms with E-state index in [1.165, 1.54) is 6.08 Å². The molecule has 0 aliphatic carbocycles. The summed E-state index contributed by atoms with van der Waals surface area (Å²) in [6.45, 7) is 8.93. The van der Waals surface area contributed by atoms with E-state index in [2.05, 4.69) is 13.2 Å². The first kappa shape index (κ1) is 12.4. The summed E-state index contributed by atoms with van der Waals surface area (Å²) < 4.78 is 0.197. The summed E-state index contributed by atoms with van der Waals surface area (Å²) in [6.07, 6.45) is 3.47. The Hall–Kier alpha value is -0.592. The third-order valence-electron chi connectivity index (χ3n) is 1.47. The van der Waals surface area contributed by atoms with Crippen molar-refractivity contribution in [1.82, 2.24) is 0 Å². The fourth-order valence-corrected chi connectivity index (χ4v) is 0.919. The normalized spacial score (nSPS) is 10.8. The molecule has 0 fully saturated rings. The molecule has 0 spiro atoms. The molecular weight excluding hydrogens is 336 g/mol. The van der Waals surface area contributed by atoms with Crippen LogP contribution in [0.2, 0.25) is 0 Å². The van der Waals surface area contributed by atoms with Crippen LogP contribution < -0.4 is 0 Å². The van der Waals surface area contributed by atoms with Gasteiger partial charge in [-0.25, -0.2) is 0 Å². The molecule has 0 aliphatic rings. The van der Waals surface area contributed by atoms with Gasteiger partial charge in [0.05, 0.1) is 0 Å². The van der Waals surface area contributed by atoms with Crippen molar-refractivity contribution >= 4 is 9.87 Å². The van der Waals surface area contributed by atoms with Gasteiger partial charge in [-0.05, 0) is 0 Å². The Bertz CT molecular complexity index is 287. The quantitative estimate of drug-likeness (QED) is 0.607. The predicted octanol–water partition coefficient (Wildman–Crippen LogP) is 1.68. The molecule has 0 atom stereocenters. The van der Waals surface area contributed by atoms with Crippen molar-refractivity contribution in [1.29, 1.82) is 0 Å². The molecule has 0 radical (unpaired) electrons. The number of allylic oxidation sites excluding steroid dienone is 2. The Labute approximate surface area is 89.1 Å². The van der Waals surface area contributed by atoms with E-state index in [-0.39, 0.29) is 9.87 Å². The zero-order valence-corrected chi connectivity index (χ0v) is 10.5. The zero-order valence-electron chi connectivity index (χ0n) is 7.54. The Kier molecular flexibility index (Phi) is 5.68. The topological polar surface area (TPSA) is 37.3 Å². The van der Waals surface area contributed by atoms with Gasteiger partial charge in [0.15, 0.2) is 0 Å². The van der Waals surface area contributed by atoms with Gasteiger partial charge in [0.25, 0.3) is 0 Å². The Morgan fingerprint density at radius 3 is 2.46 bits per heavy atom. The fourth-order valence-electron chi connectivity index (χ4n) is 0.707. The number of aliphatic hydroxyl groups excluding tert-OH is 1. The van der Waals surface area contributed by atoms with E-state index in [1.807, 2.05) is 0 Å². The maximum absolute atomic E-state index is 11.2. The molecule has 0 heterocycles. The van der Waals surface area contributed by atoms with Crippen LogP contribution in [0.25, 0.3) is 0 Å². The van der Waals surface area contributed by atoms with Crippen LogP contribution in [-0.2, 0) is 24.1 Å². The van der Waals surface area contributed by atoms with E-state index < -0.39 is 0 Å². The number of rotatable bonds is 5. The van der Waals surface area contributed by atoms with Crippen molar-refractivity contribution in [3.8, 4) is 0 Å². The average Bonchev–Trinajstić information content (AvgIpc) is 2.12. The van der Waals surface area contributed by atoms with Gasteiger partial charge in [0.1, 0.15) is 0 Å². The van der Waals surface area contributed by atoms with Crippen molar-refractivity contribution in [3.63, 3.8) is 0 Å². The number of ketones is 1. The van der Waals surface area contributed by atoms with E-state index >= 15 is 0 Å². The summed E-state index contributed by atoms with van der Waals surface area (Å²) >= 11 is 0.934. The molecule has 0 aliphatic heterocycles. The summed E-state index contributed by atoms with van der Waals surface area (Å²) in [4.78, 5) is 11.2. The number of carbonyl (C=O) groups excluding carboxylic acids is 1. The maximum atomic E-state index is 11.2. The molecule has 1 N–H and O–H groups in total. The summed E-state index contributed by atoms with van der Waals surface area (Å²) in [5, 5.41) is 9.08. The number of hydrogen-bond donors (Lipinski definition) is 1. The van der Waals surface area contributed by atoms with Crippen LogP contribution in [0.3, 0.4) is 0 Å². The molecule has 0 rings (SSSR count). The van der Waals surface area contributed by atoms with Gasteiger partial charge in [-0.15, -0.1) is 0 Å². The zero-order chi connectivity index (χ0) is 10.4. The van der Waals surface area contributed by atoms with Gasteiger partial charge >= 0.3 is 88.9 Å². The number of Topliss-reactive ketones (excluding diaryl/α,β-unsaturated/α-hetero) is 1. The van der Waals surface area contributed by atoms with E-state index in [1.54, 1.807) is 13.0 Å². The third kappa shape index (κ3) is 4.25. The molecule has 0 unspecified atom stereocenters. The first-order valence-corrected chi connectivity index (χ1v) is 5.29. The van der Waals surface area contributed by atoms with Crippen LogP contribution in [-0.4, -0.2) is 15.0 Å². The summed E-state index contributed by atoms with van der Waals surface area (Å²) in [6, 6.07) is 0. The SMILES string of the molecule is C=C/C(=C\C(=C)[C](O)=[W])C(=O)CC. The van der Waals surface area contributed by atoms with Gasteiger partial charge in [-0.3, -0.25) is 0 Å². The standard InChI is InChI=1S/C10H12O2.W/c1-4-9(10(12)5-2)6-8(3)7-11;/h4,6,11H,1,3,5H2,2H3;/b9-6+;. The van der Waals surface area contributed by atoms with E-state index in [0.717, 1.165) is 19.4 Å². The second-order valence-electron chi connectivity index (χ2n) is 2.41.